The number of rotatable bonds is 5. The molecule has 38 heavy (non-hydrogen) atoms. The fraction of sp³-hybridized carbons (Fsp3) is 0.0968. The SMILES string of the molecule is Cc1ccc(N2C(=O)c3oc4ccc(Cl)cc4c(=O)c3C2c2ccc(OCc3ccccc3)cc2)cc1Cl. The van der Waals surface area contributed by atoms with Crippen LogP contribution < -0.4 is 15.1 Å². The van der Waals surface area contributed by atoms with Gasteiger partial charge in [0.2, 0.25) is 5.76 Å². The van der Waals surface area contributed by atoms with Crippen LogP contribution in [0.3, 0.4) is 0 Å². The number of halogens is 2. The predicted octanol–water partition coefficient (Wildman–Crippen LogP) is 7.74. The van der Waals surface area contributed by atoms with E-state index in [1.807, 2.05) is 73.7 Å². The molecule has 0 spiro atoms. The minimum Gasteiger partial charge on any atom is -0.489 e. The average Bonchev–Trinajstić information content (AvgIpc) is 3.22. The highest BCUT2D eigenvalue weighted by Gasteiger charge is 2.43. The molecule has 188 valence electrons. The maximum Gasteiger partial charge on any atom is 0.295 e. The van der Waals surface area contributed by atoms with E-state index >= 15 is 0 Å². The Morgan fingerprint density at radius 3 is 2.39 bits per heavy atom. The lowest BCUT2D eigenvalue weighted by molar-refractivity contribution is 0.0971. The maximum atomic E-state index is 13.8. The van der Waals surface area contributed by atoms with E-state index < -0.39 is 11.9 Å². The molecule has 2 heterocycles. The van der Waals surface area contributed by atoms with Crippen molar-refractivity contribution in [2.75, 3.05) is 4.90 Å². The number of carbonyl (C=O) groups excluding carboxylic acids is 1. The second-order valence-corrected chi connectivity index (χ2v) is 10.0. The van der Waals surface area contributed by atoms with E-state index in [1.54, 1.807) is 29.2 Å². The number of fused-ring (bicyclic) bond motifs is 2. The summed E-state index contributed by atoms with van der Waals surface area (Å²) >= 11 is 12.6. The molecule has 0 saturated heterocycles. The molecule has 7 heteroatoms. The highest BCUT2D eigenvalue weighted by Crippen LogP contribution is 2.42. The molecule has 0 radical (unpaired) electrons. The van der Waals surface area contributed by atoms with E-state index in [2.05, 4.69) is 0 Å². The molecule has 4 aromatic carbocycles. The number of hydrogen-bond acceptors (Lipinski definition) is 4. The first-order valence-corrected chi connectivity index (χ1v) is 12.8. The van der Waals surface area contributed by atoms with Gasteiger partial charge in [-0.1, -0.05) is 71.7 Å². The fourth-order valence-corrected chi connectivity index (χ4v) is 5.09. The molecule has 1 atom stereocenters. The summed E-state index contributed by atoms with van der Waals surface area (Å²) in [5.74, 6) is 0.267. The largest absolute Gasteiger partial charge is 0.489 e. The van der Waals surface area contributed by atoms with Crippen LogP contribution in [0.15, 0.2) is 100 Å². The normalized spacial score (nSPS) is 14.7. The van der Waals surface area contributed by atoms with Crippen LogP contribution >= 0.6 is 23.2 Å². The molecular weight excluding hydrogens is 521 g/mol. The van der Waals surface area contributed by atoms with Crippen LogP contribution in [0.4, 0.5) is 5.69 Å². The Balaban J connectivity index is 1.46. The molecule has 0 saturated carbocycles. The first-order chi connectivity index (χ1) is 18.4. The summed E-state index contributed by atoms with van der Waals surface area (Å²) in [5.41, 5.74) is 3.50. The molecule has 1 aliphatic rings. The van der Waals surface area contributed by atoms with Crippen LogP contribution in [-0.2, 0) is 6.61 Å². The second-order valence-electron chi connectivity index (χ2n) is 9.17. The third kappa shape index (κ3) is 4.24. The standard InChI is InChI=1S/C31H21Cl2NO4/c1-18-7-11-22(16-25(18)33)34-28(20-8-12-23(13-9-20)37-17-19-5-3-2-4-6-19)27-29(35)24-15-21(32)10-14-26(24)38-30(27)31(34)36/h2-16,28H,17H2,1H3. The quantitative estimate of drug-likeness (QED) is 0.228. The Hall–Kier alpha value is -4.06. The van der Waals surface area contributed by atoms with Gasteiger partial charge in [0, 0.05) is 15.7 Å². The van der Waals surface area contributed by atoms with Crippen LogP contribution in [-0.4, -0.2) is 5.91 Å². The summed E-state index contributed by atoms with van der Waals surface area (Å²) in [4.78, 5) is 29.1. The van der Waals surface area contributed by atoms with Crippen molar-refractivity contribution in [2.24, 2.45) is 0 Å². The van der Waals surface area contributed by atoms with Crippen LogP contribution in [0.2, 0.25) is 10.0 Å². The number of aryl methyl sites for hydroxylation is 1. The van der Waals surface area contributed by atoms with Gasteiger partial charge in [-0.05, 0) is 66.1 Å². The van der Waals surface area contributed by atoms with Crippen molar-refractivity contribution >= 4 is 45.8 Å². The van der Waals surface area contributed by atoms with Gasteiger partial charge in [0.25, 0.3) is 5.91 Å². The molecule has 0 fully saturated rings. The zero-order chi connectivity index (χ0) is 26.4. The minimum atomic E-state index is -0.723. The summed E-state index contributed by atoms with van der Waals surface area (Å²) in [7, 11) is 0. The molecule has 1 aromatic heterocycles. The third-order valence-electron chi connectivity index (χ3n) is 6.71. The summed E-state index contributed by atoms with van der Waals surface area (Å²) in [5, 5.41) is 1.25. The summed E-state index contributed by atoms with van der Waals surface area (Å²) < 4.78 is 12.0. The van der Waals surface area contributed by atoms with Crippen LogP contribution in [0, 0.1) is 6.92 Å². The minimum absolute atomic E-state index is 0.0101. The van der Waals surface area contributed by atoms with E-state index in [0.29, 0.717) is 39.1 Å². The van der Waals surface area contributed by atoms with Crippen molar-refractivity contribution in [1.29, 1.82) is 0 Å². The fourth-order valence-electron chi connectivity index (χ4n) is 4.75. The van der Waals surface area contributed by atoms with Gasteiger partial charge in [-0.15, -0.1) is 0 Å². The zero-order valence-corrected chi connectivity index (χ0v) is 21.8. The smallest absolute Gasteiger partial charge is 0.295 e. The van der Waals surface area contributed by atoms with Gasteiger partial charge in [-0.25, -0.2) is 0 Å². The van der Waals surface area contributed by atoms with Crippen LogP contribution in [0.1, 0.15) is 38.9 Å². The molecular formula is C31H21Cl2NO4. The first kappa shape index (κ1) is 24.3. The Kier molecular flexibility index (Phi) is 6.18. The Morgan fingerprint density at radius 1 is 0.895 bits per heavy atom. The molecule has 5 nitrogen and oxygen atoms in total. The molecule has 1 unspecified atom stereocenters. The summed E-state index contributed by atoms with van der Waals surface area (Å²) in [6.45, 7) is 2.31. The van der Waals surface area contributed by atoms with Gasteiger partial charge in [0.1, 0.15) is 17.9 Å². The average molecular weight is 542 g/mol. The number of carbonyl (C=O) groups is 1. The highest BCUT2D eigenvalue weighted by molar-refractivity contribution is 6.32. The van der Waals surface area contributed by atoms with Crippen molar-refractivity contribution < 1.29 is 13.9 Å². The Bertz CT molecular complexity index is 1750. The highest BCUT2D eigenvalue weighted by atomic mass is 35.5. The van der Waals surface area contributed by atoms with Gasteiger partial charge in [0.15, 0.2) is 5.43 Å². The Morgan fingerprint density at radius 2 is 1.66 bits per heavy atom. The molecule has 5 aromatic rings. The third-order valence-corrected chi connectivity index (χ3v) is 7.35. The van der Waals surface area contributed by atoms with Crippen LogP contribution in [0.5, 0.6) is 5.75 Å². The molecule has 6 rings (SSSR count). The zero-order valence-electron chi connectivity index (χ0n) is 20.3. The van der Waals surface area contributed by atoms with Crippen molar-refractivity contribution in [2.45, 2.75) is 19.6 Å². The lowest BCUT2D eigenvalue weighted by Gasteiger charge is -2.26. The second kappa shape index (κ2) is 9.67. The lowest BCUT2D eigenvalue weighted by Crippen LogP contribution is -2.29. The number of amides is 1. The van der Waals surface area contributed by atoms with Crippen molar-refractivity contribution in [3.05, 3.63) is 139 Å². The predicted molar refractivity (Wildman–Crippen MR) is 150 cm³/mol. The molecule has 1 aliphatic heterocycles. The Labute approximate surface area is 228 Å². The molecule has 0 N–H and O–H groups in total. The van der Waals surface area contributed by atoms with Gasteiger partial charge < -0.3 is 9.15 Å². The first-order valence-electron chi connectivity index (χ1n) is 12.0. The van der Waals surface area contributed by atoms with E-state index in [0.717, 1.165) is 16.7 Å². The summed E-state index contributed by atoms with van der Waals surface area (Å²) in [6.07, 6.45) is 0. The van der Waals surface area contributed by atoms with E-state index in [4.69, 9.17) is 32.4 Å². The number of anilines is 1. The van der Waals surface area contributed by atoms with E-state index in [-0.39, 0.29) is 16.8 Å². The summed E-state index contributed by atoms with van der Waals surface area (Å²) in [6, 6.07) is 26.7. The number of benzene rings is 4. The molecule has 0 bridgehead atoms. The number of ether oxygens (including phenoxy) is 1. The van der Waals surface area contributed by atoms with Gasteiger partial charge in [-0.2, -0.15) is 0 Å². The van der Waals surface area contributed by atoms with Crippen molar-refractivity contribution in [1.82, 2.24) is 0 Å². The number of nitrogens with zero attached hydrogens (tertiary/aromatic N) is 1. The van der Waals surface area contributed by atoms with Gasteiger partial charge >= 0.3 is 0 Å². The van der Waals surface area contributed by atoms with E-state index in [9.17, 15) is 9.59 Å². The van der Waals surface area contributed by atoms with Gasteiger partial charge in [-0.3, -0.25) is 14.5 Å². The maximum absolute atomic E-state index is 13.8. The topological polar surface area (TPSA) is 59.8 Å². The van der Waals surface area contributed by atoms with Crippen molar-refractivity contribution in [3.8, 4) is 5.75 Å². The van der Waals surface area contributed by atoms with E-state index in [1.165, 1.54) is 0 Å². The van der Waals surface area contributed by atoms with Crippen molar-refractivity contribution in [3.63, 3.8) is 0 Å². The van der Waals surface area contributed by atoms with Gasteiger partial charge in [0.05, 0.1) is 17.0 Å². The van der Waals surface area contributed by atoms with Crippen LogP contribution in [0.25, 0.3) is 11.0 Å². The number of hydrogen-bond donors (Lipinski definition) is 0. The monoisotopic (exact) mass is 541 g/mol. The molecule has 0 aliphatic carbocycles. The molecule has 1 amide bonds. The lowest BCUT2D eigenvalue weighted by atomic mass is 9.98.